The Morgan fingerprint density at radius 1 is 1.12 bits per heavy atom. The monoisotopic (exact) mass is 402 g/mol. The zero-order valence-corrected chi connectivity index (χ0v) is 14.4. The molecule has 0 aliphatic carbocycles. The van der Waals surface area contributed by atoms with Crippen molar-refractivity contribution in [3.63, 3.8) is 0 Å². The molecule has 0 bridgehead atoms. The highest BCUT2D eigenvalue weighted by atomic mass is 35.5. The third-order valence-corrected chi connectivity index (χ3v) is 4.43. The molecule has 1 aliphatic heterocycles. The minimum atomic E-state index is -4.90. The zero-order chi connectivity index (χ0) is 19.1. The van der Waals surface area contributed by atoms with Crippen LogP contribution in [0.4, 0.5) is 18.9 Å². The molecule has 1 heterocycles. The quantitative estimate of drug-likeness (QED) is 0.814. The molecule has 4 nitrogen and oxygen atoms in total. The molecule has 1 aliphatic rings. The Morgan fingerprint density at radius 2 is 1.77 bits per heavy atom. The maximum Gasteiger partial charge on any atom is 0.432 e. The van der Waals surface area contributed by atoms with Crippen LogP contribution >= 0.6 is 23.2 Å². The summed E-state index contributed by atoms with van der Waals surface area (Å²) in [6, 6.07) is 11.6. The number of rotatable bonds is 3. The highest BCUT2D eigenvalue weighted by Crippen LogP contribution is 2.40. The van der Waals surface area contributed by atoms with Crippen molar-refractivity contribution in [2.75, 3.05) is 5.01 Å². The van der Waals surface area contributed by atoms with Gasteiger partial charge in [-0.3, -0.25) is 4.79 Å². The molecule has 2 aromatic carbocycles. The van der Waals surface area contributed by atoms with Crippen molar-refractivity contribution < 1.29 is 23.1 Å². The number of carbonyl (C=O) groups excluding carboxylic acids is 1. The Kier molecular flexibility index (Phi) is 4.96. The molecule has 2 atom stereocenters. The van der Waals surface area contributed by atoms with E-state index < -0.39 is 29.8 Å². The Morgan fingerprint density at radius 3 is 2.35 bits per heavy atom. The largest absolute Gasteiger partial charge is 0.432 e. The van der Waals surface area contributed by atoms with Crippen LogP contribution in [0, 0.1) is 5.92 Å². The van der Waals surface area contributed by atoms with Crippen molar-refractivity contribution in [1.29, 1.82) is 0 Å². The predicted molar refractivity (Wildman–Crippen MR) is 92.3 cm³/mol. The normalized spacial score (nSPS) is 18.8. The highest BCUT2D eigenvalue weighted by molar-refractivity contribution is 6.35. The summed E-state index contributed by atoms with van der Waals surface area (Å²) < 4.78 is 40.3. The molecule has 1 N–H and O–H groups in total. The van der Waals surface area contributed by atoms with Crippen molar-refractivity contribution in [3.05, 3.63) is 64.1 Å². The second-order valence-corrected chi connectivity index (χ2v) is 6.40. The number of anilines is 1. The number of hydrogen-bond donors (Lipinski definition) is 1. The number of aliphatic hydroxyl groups excluding tert-OH is 1. The lowest BCUT2D eigenvalue weighted by Gasteiger charge is -2.21. The van der Waals surface area contributed by atoms with Crippen LogP contribution in [0.1, 0.15) is 11.7 Å². The van der Waals surface area contributed by atoms with Crippen molar-refractivity contribution in [3.8, 4) is 0 Å². The van der Waals surface area contributed by atoms with Gasteiger partial charge in [-0.1, -0.05) is 47.5 Å². The fraction of sp³-hybridized carbons (Fsp3) is 0.176. The molecule has 3 rings (SSSR count). The number of nitrogens with zero attached hydrogens (tertiary/aromatic N) is 2. The number of amides is 1. The molecule has 0 saturated carbocycles. The van der Waals surface area contributed by atoms with E-state index in [1.807, 2.05) is 0 Å². The van der Waals surface area contributed by atoms with Crippen molar-refractivity contribution in [2.45, 2.75) is 12.3 Å². The number of hydrazone groups is 1. The Bertz CT molecular complexity index is 872. The molecule has 0 fully saturated rings. The van der Waals surface area contributed by atoms with Gasteiger partial charge in [-0.25, -0.2) is 0 Å². The smallest absolute Gasteiger partial charge is 0.387 e. The minimum Gasteiger partial charge on any atom is -0.387 e. The van der Waals surface area contributed by atoms with E-state index in [4.69, 9.17) is 23.2 Å². The summed E-state index contributed by atoms with van der Waals surface area (Å²) in [6.07, 6.45) is -6.73. The van der Waals surface area contributed by atoms with Gasteiger partial charge in [-0.2, -0.15) is 23.3 Å². The summed E-state index contributed by atoms with van der Waals surface area (Å²) in [4.78, 5) is 12.6. The summed E-state index contributed by atoms with van der Waals surface area (Å²) in [7, 11) is 0. The van der Waals surface area contributed by atoms with Crippen LogP contribution in [0.3, 0.4) is 0 Å². The molecule has 26 heavy (non-hydrogen) atoms. The van der Waals surface area contributed by atoms with Gasteiger partial charge >= 0.3 is 6.18 Å². The van der Waals surface area contributed by atoms with Crippen LogP contribution in [-0.2, 0) is 4.79 Å². The van der Waals surface area contributed by atoms with E-state index in [0.29, 0.717) is 5.01 Å². The topological polar surface area (TPSA) is 52.9 Å². The van der Waals surface area contributed by atoms with Gasteiger partial charge in [-0.15, -0.1) is 0 Å². The van der Waals surface area contributed by atoms with Gasteiger partial charge in [0.15, 0.2) is 5.71 Å². The van der Waals surface area contributed by atoms with Crippen LogP contribution in [-0.4, -0.2) is 22.9 Å². The van der Waals surface area contributed by atoms with E-state index in [2.05, 4.69) is 5.10 Å². The number of para-hydroxylation sites is 1. The van der Waals surface area contributed by atoms with Crippen molar-refractivity contribution in [2.24, 2.45) is 11.0 Å². The van der Waals surface area contributed by atoms with Crippen molar-refractivity contribution >= 4 is 40.5 Å². The number of benzene rings is 2. The van der Waals surface area contributed by atoms with Gasteiger partial charge in [0.1, 0.15) is 5.92 Å². The standard InChI is InChI=1S/C17H11Cl2F3N2O2/c18-9-6-7-11(12(19)8-9)14(25)13-15(17(20,21)22)23-24(16(13)26)10-4-2-1-3-5-10/h1-8,13-14,25H. The summed E-state index contributed by atoms with van der Waals surface area (Å²) >= 11 is 11.7. The summed E-state index contributed by atoms with van der Waals surface area (Å²) in [6.45, 7) is 0. The fourth-order valence-corrected chi connectivity index (χ4v) is 3.18. The van der Waals surface area contributed by atoms with Gasteiger partial charge in [0, 0.05) is 15.6 Å². The van der Waals surface area contributed by atoms with Gasteiger partial charge < -0.3 is 5.11 Å². The number of alkyl halides is 3. The molecule has 0 aromatic heterocycles. The maximum atomic E-state index is 13.4. The second-order valence-electron chi connectivity index (χ2n) is 5.56. The van der Waals surface area contributed by atoms with E-state index in [1.54, 1.807) is 18.2 Å². The van der Waals surface area contributed by atoms with Crippen LogP contribution < -0.4 is 5.01 Å². The second kappa shape index (κ2) is 6.90. The number of halogens is 5. The molecule has 0 radical (unpaired) electrons. The highest BCUT2D eigenvalue weighted by Gasteiger charge is 2.53. The minimum absolute atomic E-state index is 0.0405. The van der Waals surface area contributed by atoms with Gasteiger partial charge in [-0.05, 0) is 24.3 Å². The Balaban J connectivity index is 2.04. The molecule has 136 valence electrons. The molecule has 0 spiro atoms. The van der Waals surface area contributed by atoms with Crippen LogP contribution in [0.25, 0.3) is 0 Å². The van der Waals surface area contributed by atoms with Crippen molar-refractivity contribution in [1.82, 2.24) is 0 Å². The first-order valence-electron chi connectivity index (χ1n) is 7.38. The van der Waals surface area contributed by atoms with E-state index in [1.165, 1.54) is 30.3 Å². The molecular weight excluding hydrogens is 392 g/mol. The third-order valence-electron chi connectivity index (χ3n) is 3.87. The van der Waals surface area contributed by atoms with Gasteiger partial charge in [0.2, 0.25) is 0 Å². The first kappa shape index (κ1) is 18.7. The SMILES string of the molecule is O=C1C(C(O)c2ccc(Cl)cc2Cl)C(C(F)(F)F)=NN1c1ccccc1. The average Bonchev–Trinajstić information content (AvgIpc) is 2.93. The van der Waals surface area contributed by atoms with E-state index in [-0.39, 0.29) is 21.3 Å². The number of hydrogen-bond acceptors (Lipinski definition) is 3. The van der Waals surface area contributed by atoms with Gasteiger partial charge in [0.05, 0.1) is 11.8 Å². The molecule has 0 saturated heterocycles. The zero-order valence-electron chi connectivity index (χ0n) is 12.9. The number of carbonyl (C=O) groups is 1. The van der Waals surface area contributed by atoms with Crippen LogP contribution in [0.2, 0.25) is 10.0 Å². The Labute approximate surface area is 156 Å². The molecule has 1 amide bonds. The lowest BCUT2D eigenvalue weighted by atomic mass is 9.91. The molecule has 2 aromatic rings. The van der Waals surface area contributed by atoms with Crippen LogP contribution in [0.5, 0.6) is 0 Å². The fourth-order valence-electron chi connectivity index (χ4n) is 2.66. The average molecular weight is 403 g/mol. The van der Waals surface area contributed by atoms with E-state index in [9.17, 15) is 23.1 Å². The summed E-state index contributed by atoms with van der Waals surface area (Å²) in [5.74, 6) is -2.93. The lowest BCUT2D eigenvalue weighted by molar-refractivity contribution is -0.123. The van der Waals surface area contributed by atoms with E-state index in [0.717, 1.165) is 0 Å². The number of aliphatic hydroxyl groups is 1. The molecule has 9 heteroatoms. The van der Waals surface area contributed by atoms with E-state index >= 15 is 0 Å². The summed E-state index contributed by atoms with van der Waals surface area (Å²) in [5, 5.41) is 14.8. The molecule has 2 unspecified atom stereocenters. The first-order chi connectivity index (χ1) is 12.2. The Hall–Kier alpha value is -2.09. The van der Waals surface area contributed by atoms with Crippen LogP contribution in [0.15, 0.2) is 53.6 Å². The predicted octanol–water partition coefficient (Wildman–Crippen LogP) is 4.61. The van der Waals surface area contributed by atoms with Gasteiger partial charge in [0.25, 0.3) is 5.91 Å². The third kappa shape index (κ3) is 3.42. The molecular formula is C17H11Cl2F3N2O2. The summed E-state index contributed by atoms with van der Waals surface area (Å²) in [5.41, 5.74) is -1.26. The first-order valence-corrected chi connectivity index (χ1v) is 8.13. The lowest BCUT2D eigenvalue weighted by Crippen LogP contribution is -2.37. The maximum absolute atomic E-state index is 13.4.